The maximum atomic E-state index is 13.5. The minimum Gasteiger partial charge on any atom is -0.378 e. The molecule has 3 heteroatoms. The number of rotatable bonds is 4. The topological polar surface area (TPSA) is 9.23 Å². The molecule has 4 unspecified atom stereocenters. The second kappa shape index (κ2) is 8.10. The molecule has 1 nitrogen and oxygen atoms in total. The summed E-state index contributed by atoms with van der Waals surface area (Å²) in [4.78, 5) is 0. The van der Waals surface area contributed by atoms with E-state index in [1.807, 2.05) is 12.1 Å². The lowest BCUT2D eigenvalue weighted by Gasteiger charge is -2.42. The summed E-state index contributed by atoms with van der Waals surface area (Å²) in [5, 5.41) is 0. The Morgan fingerprint density at radius 1 is 0.815 bits per heavy atom. The van der Waals surface area contributed by atoms with Crippen LogP contribution in [-0.4, -0.2) is 12.7 Å². The minimum atomic E-state index is -0.800. The van der Waals surface area contributed by atoms with E-state index in [4.69, 9.17) is 4.74 Å². The Labute approximate surface area is 160 Å². The lowest BCUT2D eigenvalue weighted by atomic mass is 9.65. The SMILES string of the molecule is CCOC1CCC2CC(c3ccc(-c4ccc(F)c(F)c4)cc3)CCC2C1. The third-order valence-electron chi connectivity index (χ3n) is 6.60. The Balaban J connectivity index is 1.42. The number of fused-ring (bicyclic) bond motifs is 1. The molecule has 27 heavy (non-hydrogen) atoms. The Hall–Kier alpha value is -1.74. The highest BCUT2D eigenvalue weighted by Crippen LogP contribution is 2.46. The van der Waals surface area contributed by atoms with Crippen LogP contribution in [0.3, 0.4) is 0 Å². The second-order valence-corrected chi connectivity index (χ2v) is 8.17. The van der Waals surface area contributed by atoms with E-state index in [9.17, 15) is 8.78 Å². The van der Waals surface area contributed by atoms with Crippen LogP contribution in [0.2, 0.25) is 0 Å². The van der Waals surface area contributed by atoms with Gasteiger partial charge in [0.1, 0.15) is 0 Å². The van der Waals surface area contributed by atoms with Crippen LogP contribution in [0.5, 0.6) is 0 Å². The van der Waals surface area contributed by atoms with Gasteiger partial charge in [-0.3, -0.25) is 0 Å². The van der Waals surface area contributed by atoms with E-state index in [0.29, 0.717) is 12.0 Å². The zero-order valence-electron chi connectivity index (χ0n) is 16.0. The maximum absolute atomic E-state index is 13.5. The third-order valence-corrected chi connectivity index (χ3v) is 6.60. The van der Waals surface area contributed by atoms with Crippen LogP contribution in [0, 0.1) is 23.5 Å². The maximum Gasteiger partial charge on any atom is 0.159 e. The molecule has 0 aliphatic heterocycles. The molecule has 0 radical (unpaired) electrons. The first-order valence-electron chi connectivity index (χ1n) is 10.3. The number of ether oxygens (including phenoxy) is 1. The quantitative estimate of drug-likeness (QED) is 0.580. The van der Waals surface area contributed by atoms with Crippen molar-refractivity contribution >= 4 is 0 Å². The van der Waals surface area contributed by atoms with Gasteiger partial charge in [-0.25, -0.2) is 8.78 Å². The molecule has 0 saturated heterocycles. The average Bonchev–Trinajstić information content (AvgIpc) is 2.70. The number of hydrogen-bond acceptors (Lipinski definition) is 1. The highest BCUT2D eigenvalue weighted by atomic mass is 19.2. The van der Waals surface area contributed by atoms with Gasteiger partial charge < -0.3 is 4.74 Å². The van der Waals surface area contributed by atoms with Gasteiger partial charge in [-0.15, -0.1) is 0 Å². The fourth-order valence-electron chi connectivity index (χ4n) is 5.16. The van der Waals surface area contributed by atoms with E-state index in [1.54, 1.807) is 6.07 Å². The van der Waals surface area contributed by atoms with Crippen molar-refractivity contribution in [1.82, 2.24) is 0 Å². The molecule has 0 spiro atoms. The Morgan fingerprint density at radius 3 is 2.26 bits per heavy atom. The predicted molar refractivity (Wildman–Crippen MR) is 105 cm³/mol. The summed E-state index contributed by atoms with van der Waals surface area (Å²) >= 11 is 0. The molecule has 2 saturated carbocycles. The average molecular weight is 370 g/mol. The van der Waals surface area contributed by atoms with Crippen molar-refractivity contribution in [3.63, 3.8) is 0 Å². The Kier molecular flexibility index (Phi) is 5.58. The highest BCUT2D eigenvalue weighted by Gasteiger charge is 2.36. The summed E-state index contributed by atoms with van der Waals surface area (Å²) < 4.78 is 32.5. The summed E-state index contributed by atoms with van der Waals surface area (Å²) in [7, 11) is 0. The van der Waals surface area contributed by atoms with Crippen LogP contribution in [-0.2, 0) is 4.74 Å². The minimum absolute atomic E-state index is 0.475. The zero-order chi connectivity index (χ0) is 18.8. The van der Waals surface area contributed by atoms with Gasteiger partial charge >= 0.3 is 0 Å². The number of hydrogen-bond donors (Lipinski definition) is 0. The van der Waals surface area contributed by atoms with Crippen LogP contribution < -0.4 is 0 Å². The van der Waals surface area contributed by atoms with Crippen LogP contribution in [0.1, 0.15) is 56.9 Å². The Bertz CT molecular complexity index is 770. The molecule has 2 fully saturated rings. The predicted octanol–water partition coefficient (Wildman–Crippen LogP) is 6.72. The fraction of sp³-hybridized carbons (Fsp3) is 0.500. The molecule has 0 amide bonds. The van der Waals surface area contributed by atoms with E-state index in [-0.39, 0.29) is 0 Å². The Morgan fingerprint density at radius 2 is 1.52 bits per heavy atom. The molecule has 4 rings (SSSR count). The van der Waals surface area contributed by atoms with Crippen LogP contribution >= 0.6 is 0 Å². The van der Waals surface area contributed by atoms with Crippen molar-refractivity contribution in [1.29, 1.82) is 0 Å². The highest BCUT2D eigenvalue weighted by molar-refractivity contribution is 5.63. The largest absolute Gasteiger partial charge is 0.378 e. The molecule has 144 valence electrons. The number of benzene rings is 2. The summed E-state index contributed by atoms with van der Waals surface area (Å²) in [5.74, 6) is 0.678. The van der Waals surface area contributed by atoms with E-state index in [1.165, 1.54) is 56.2 Å². The van der Waals surface area contributed by atoms with Gasteiger partial charge in [-0.1, -0.05) is 30.3 Å². The molecule has 2 aliphatic rings. The molecule has 0 bridgehead atoms. The van der Waals surface area contributed by atoms with Crippen LogP contribution in [0.15, 0.2) is 42.5 Å². The van der Waals surface area contributed by atoms with Crippen molar-refractivity contribution in [2.24, 2.45) is 11.8 Å². The summed E-state index contributed by atoms with van der Waals surface area (Å²) in [5.41, 5.74) is 3.04. The van der Waals surface area contributed by atoms with Crippen molar-refractivity contribution in [3.05, 3.63) is 59.7 Å². The van der Waals surface area contributed by atoms with E-state index in [2.05, 4.69) is 19.1 Å². The molecule has 0 aromatic heterocycles. The van der Waals surface area contributed by atoms with Gasteiger partial charge in [-0.2, -0.15) is 0 Å². The van der Waals surface area contributed by atoms with Crippen molar-refractivity contribution in [2.75, 3.05) is 6.61 Å². The standard InChI is InChI=1S/C24H28F2O/c1-2-27-22-11-9-19-13-18(7-8-20(19)14-22)16-3-5-17(6-4-16)21-10-12-23(25)24(26)15-21/h3-6,10,12,15,18-20,22H,2,7-9,11,13-14H2,1H3. The molecule has 2 aromatic rings. The van der Waals surface area contributed by atoms with Gasteiger partial charge in [0.2, 0.25) is 0 Å². The fourth-order valence-corrected chi connectivity index (χ4v) is 5.16. The first-order chi connectivity index (χ1) is 13.1. The van der Waals surface area contributed by atoms with Crippen LogP contribution in [0.25, 0.3) is 11.1 Å². The second-order valence-electron chi connectivity index (χ2n) is 8.17. The van der Waals surface area contributed by atoms with Crippen molar-refractivity contribution < 1.29 is 13.5 Å². The van der Waals surface area contributed by atoms with Gasteiger partial charge in [-0.05, 0) is 92.0 Å². The molecular formula is C24H28F2O. The van der Waals surface area contributed by atoms with Crippen molar-refractivity contribution in [2.45, 2.75) is 57.5 Å². The summed E-state index contributed by atoms with van der Waals surface area (Å²) in [6.07, 6.45) is 8.02. The molecule has 2 aromatic carbocycles. The van der Waals surface area contributed by atoms with Gasteiger partial charge in [0.05, 0.1) is 6.10 Å². The van der Waals surface area contributed by atoms with Crippen LogP contribution in [0.4, 0.5) is 8.78 Å². The molecular weight excluding hydrogens is 342 g/mol. The van der Waals surface area contributed by atoms with E-state index < -0.39 is 11.6 Å². The lowest BCUT2D eigenvalue weighted by Crippen LogP contribution is -2.33. The van der Waals surface area contributed by atoms with Crippen molar-refractivity contribution in [3.8, 4) is 11.1 Å². The normalized spacial score (nSPS) is 28.0. The van der Waals surface area contributed by atoms with E-state index >= 15 is 0 Å². The molecule has 0 heterocycles. The first kappa shape index (κ1) is 18.6. The zero-order valence-corrected chi connectivity index (χ0v) is 16.0. The van der Waals surface area contributed by atoms with Gasteiger partial charge in [0, 0.05) is 6.61 Å². The van der Waals surface area contributed by atoms with Gasteiger partial charge in [0.15, 0.2) is 11.6 Å². The summed E-state index contributed by atoms with van der Waals surface area (Å²) in [6.45, 7) is 2.92. The summed E-state index contributed by atoms with van der Waals surface area (Å²) in [6, 6.07) is 12.5. The molecule has 4 atom stereocenters. The van der Waals surface area contributed by atoms with Gasteiger partial charge in [0.25, 0.3) is 0 Å². The smallest absolute Gasteiger partial charge is 0.159 e. The lowest BCUT2D eigenvalue weighted by molar-refractivity contribution is -0.00955. The third kappa shape index (κ3) is 4.08. The molecule has 0 N–H and O–H groups in total. The van der Waals surface area contributed by atoms with E-state index in [0.717, 1.165) is 29.6 Å². The first-order valence-corrected chi connectivity index (χ1v) is 10.3. The monoisotopic (exact) mass is 370 g/mol. The number of halogens is 2. The molecule has 2 aliphatic carbocycles.